The van der Waals surface area contributed by atoms with Crippen LogP contribution in [-0.2, 0) is 4.79 Å². The van der Waals surface area contributed by atoms with Gasteiger partial charge < -0.3 is 0 Å². The van der Waals surface area contributed by atoms with Crippen LogP contribution in [0.5, 0.6) is 0 Å². The SMILES string of the molecule is O=C1C2=CC=CCC2CN2CCCC12. The molecule has 14 heavy (non-hydrogen) atoms. The number of ketones is 1. The van der Waals surface area contributed by atoms with E-state index >= 15 is 0 Å². The molecule has 2 saturated heterocycles. The van der Waals surface area contributed by atoms with Crippen molar-refractivity contribution >= 4 is 5.78 Å². The van der Waals surface area contributed by atoms with Gasteiger partial charge in [0.15, 0.2) is 5.78 Å². The molecule has 0 aromatic carbocycles. The summed E-state index contributed by atoms with van der Waals surface area (Å²) >= 11 is 0. The molecule has 1 aliphatic carbocycles. The fourth-order valence-corrected chi connectivity index (χ4v) is 2.95. The highest BCUT2D eigenvalue weighted by molar-refractivity contribution is 6.01. The van der Waals surface area contributed by atoms with Gasteiger partial charge in [-0.2, -0.15) is 0 Å². The molecule has 0 aromatic rings. The van der Waals surface area contributed by atoms with E-state index in [0.717, 1.165) is 31.5 Å². The van der Waals surface area contributed by atoms with E-state index in [9.17, 15) is 4.79 Å². The van der Waals surface area contributed by atoms with E-state index in [1.807, 2.05) is 12.2 Å². The Morgan fingerprint density at radius 1 is 1.43 bits per heavy atom. The summed E-state index contributed by atoms with van der Waals surface area (Å²) in [5.41, 5.74) is 1.09. The van der Waals surface area contributed by atoms with Crippen molar-refractivity contribution in [1.29, 1.82) is 0 Å². The fraction of sp³-hybridized carbons (Fsp3) is 0.583. The minimum atomic E-state index is 0.226. The molecule has 2 heterocycles. The molecule has 74 valence electrons. The van der Waals surface area contributed by atoms with E-state index in [2.05, 4.69) is 11.0 Å². The number of nitrogens with zero attached hydrogens (tertiary/aromatic N) is 1. The summed E-state index contributed by atoms with van der Waals surface area (Å²) in [6.45, 7) is 2.23. The minimum Gasteiger partial charge on any atom is -0.293 e. The Morgan fingerprint density at radius 2 is 2.36 bits per heavy atom. The highest BCUT2D eigenvalue weighted by atomic mass is 16.1. The first-order valence-corrected chi connectivity index (χ1v) is 5.51. The number of carbonyl (C=O) groups excluding carboxylic acids is 1. The molecular weight excluding hydrogens is 174 g/mol. The third-order valence-electron chi connectivity index (χ3n) is 3.68. The molecule has 2 aliphatic heterocycles. The monoisotopic (exact) mass is 189 g/mol. The maximum atomic E-state index is 12.1. The van der Waals surface area contributed by atoms with Gasteiger partial charge in [0.2, 0.25) is 0 Å². The van der Waals surface area contributed by atoms with Crippen molar-refractivity contribution < 1.29 is 4.79 Å². The van der Waals surface area contributed by atoms with Crippen LogP contribution in [0.25, 0.3) is 0 Å². The Bertz CT molecular complexity index is 329. The number of hydrogen-bond donors (Lipinski definition) is 0. The molecule has 0 spiro atoms. The maximum Gasteiger partial charge on any atom is 0.176 e. The van der Waals surface area contributed by atoms with Gasteiger partial charge in [-0.05, 0) is 25.8 Å². The van der Waals surface area contributed by atoms with Crippen LogP contribution < -0.4 is 0 Å². The van der Waals surface area contributed by atoms with Crippen LogP contribution >= 0.6 is 0 Å². The molecule has 0 N–H and O–H groups in total. The summed E-state index contributed by atoms with van der Waals surface area (Å²) in [5, 5.41) is 0. The van der Waals surface area contributed by atoms with Gasteiger partial charge in [0.05, 0.1) is 6.04 Å². The van der Waals surface area contributed by atoms with Crippen LogP contribution in [0.2, 0.25) is 0 Å². The Morgan fingerprint density at radius 3 is 3.29 bits per heavy atom. The Labute approximate surface area is 84.3 Å². The summed E-state index contributed by atoms with van der Waals surface area (Å²) in [7, 11) is 0. The van der Waals surface area contributed by atoms with E-state index in [0.29, 0.717) is 11.7 Å². The second kappa shape index (κ2) is 3.06. The maximum absolute atomic E-state index is 12.1. The minimum absolute atomic E-state index is 0.226. The largest absolute Gasteiger partial charge is 0.293 e. The molecule has 2 nitrogen and oxygen atoms in total. The standard InChI is InChI=1S/C12H15NO/c14-12-10-5-2-1-4-9(10)8-13-7-3-6-11(12)13/h1-2,5,9,11H,3-4,6-8H2. The summed E-state index contributed by atoms with van der Waals surface area (Å²) in [6, 6.07) is 0.226. The molecular formula is C12H15NO. The number of piperidine rings is 1. The molecule has 2 fully saturated rings. The third kappa shape index (κ3) is 1.10. The van der Waals surface area contributed by atoms with Crippen LogP contribution in [0.4, 0.5) is 0 Å². The highest BCUT2D eigenvalue weighted by Gasteiger charge is 2.40. The van der Waals surface area contributed by atoms with Crippen LogP contribution in [0, 0.1) is 5.92 Å². The highest BCUT2D eigenvalue weighted by Crippen LogP contribution is 2.34. The molecule has 2 atom stereocenters. The van der Waals surface area contributed by atoms with Crippen LogP contribution in [0.1, 0.15) is 19.3 Å². The van der Waals surface area contributed by atoms with E-state index < -0.39 is 0 Å². The van der Waals surface area contributed by atoms with Crippen LogP contribution in [0.3, 0.4) is 0 Å². The van der Waals surface area contributed by atoms with Crippen LogP contribution in [0.15, 0.2) is 23.8 Å². The first kappa shape index (κ1) is 8.42. The molecule has 3 aliphatic rings. The lowest BCUT2D eigenvalue weighted by Crippen LogP contribution is -2.47. The molecule has 0 amide bonds. The van der Waals surface area contributed by atoms with Crippen molar-refractivity contribution in [3.8, 4) is 0 Å². The molecule has 3 rings (SSSR count). The first-order valence-electron chi connectivity index (χ1n) is 5.51. The molecule has 0 saturated carbocycles. The van der Waals surface area contributed by atoms with E-state index in [1.54, 1.807) is 0 Å². The number of fused-ring (bicyclic) bond motifs is 2. The summed E-state index contributed by atoms with van der Waals surface area (Å²) in [5.74, 6) is 0.893. The predicted octanol–water partition coefficient (Wildman–Crippen LogP) is 1.54. The lowest BCUT2D eigenvalue weighted by molar-refractivity contribution is -0.122. The van der Waals surface area contributed by atoms with Crippen molar-refractivity contribution in [2.24, 2.45) is 5.92 Å². The predicted molar refractivity (Wildman–Crippen MR) is 54.9 cm³/mol. The second-order valence-corrected chi connectivity index (χ2v) is 4.50. The Balaban J connectivity index is 1.94. The first-order chi connectivity index (χ1) is 6.86. The fourth-order valence-electron chi connectivity index (χ4n) is 2.95. The smallest absolute Gasteiger partial charge is 0.176 e. The molecule has 2 unspecified atom stereocenters. The third-order valence-corrected chi connectivity index (χ3v) is 3.68. The zero-order chi connectivity index (χ0) is 9.54. The number of hydrogen-bond acceptors (Lipinski definition) is 2. The molecule has 0 radical (unpaired) electrons. The normalized spacial score (nSPS) is 36.6. The number of rotatable bonds is 0. The van der Waals surface area contributed by atoms with Gasteiger partial charge in [0, 0.05) is 18.0 Å². The lowest BCUT2D eigenvalue weighted by Gasteiger charge is -2.36. The van der Waals surface area contributed by atoms with Crippen molar-refractivity contribution in [3.63, 3.8) is 0 Å². The summed E-state index contributed by atoms with van der Waals surface area (Å²) in [6.07, 6.45) is 9.58. The number of Topliss-reactive ketones (excluding diaryl/α,β-unsaturated/α-hetero) is 1. The Hall–Kier alpha value is -0.890. The van der Waals surface area contributed by atoms with Crippen molar-refractivity contribution in [2.75, 3.05) is 13.1 Å². The van der Waals surface area contributed by atoms with Crippen LogP contribution in [-0.4, -0.2) is 29.8 Å². The summed E-state index contributed by atoms with van der Waals surface area (Å²) in [4.78, 5) is 14.5. The zero-order valence-corrected chi connectivity index (χ0v) is 8.28. The van der Waals surface area contributed by atoms with E-state index in [-0.39, 0.29) is 6.04 Å². The Kier molecular flexibility index (Phi) is 1.84. The molecule has 2 heteroatoms. The van der Waals surface area contributed by atoms with Gasteiger partial charge in [0.25, 0.3) is 0 Å². The van der Waals surface area contributed by atoms with Crippen molar-refractivity contribution in [3.05, 3.63) is 23.8 Å². The van der Waals surface area contributed by atoms with Gasteiger partial charge in [-0.1, -0.05) is 18.2 Å². The van der Waals surface area contributed by atoms with E-state index in [1.165, 1.54) is 6.42 Å². The summed E-state index contributed by atoms with van der Waals surface area (Å²) < 4.78 is 0. The van der Waals surface area contributed by atoms with Gasteiger partial charge in [-0.25, -0.2) is 0 Å². The van der Waals surface area contributed by atoms with E-state index in [4.69, 9.17) is 0 Å². The number of allylic oxidation sites excluding steroid dienone is 3. The second-order valence-electron chi connectivity index (χ2n) is 4.50. The van der Waals surface area contributed by atoms with Crippen molar-refractivity contribution in [1.82, 2.24) is 4.90 Å². The lowest BCUT2D eigenvalue weighted by atomic mass is 9.82. The zero-order valence-electron chi connectivity index (χ0n) is 8.28. The van der Waals surface area contributed by atoms with Gasteiger partial charge in [0.1, 0.15) is 0 Å². The van der Waals surface area contributed by atoms with Gasteiger partial charge in [-0.15, -0.1) is 0 Å². The topological polar surface area (TPSA) is 20.3 Å². The average molecular weight is 189 g/mol. The molecule has 0 aromatic heterocycles. The van der Waals surface area contributed by atoms with Gasteiger partial charge >= 0.3 is 0 Å². The average Bonchev–Trinajstić information content (AvgIpc) is 2.66. The van der Waals surface area contributed by atoms with Crippen molar-refractivity contribution in [2.45, 2.75) is 25.3 Å². The quantitative estimate of drug-likeness (QED) is 0.576. The number of carbonyl (C=O) groups is 1. The van der Waals surface area contributed by atoms with Gasteiger partial charge in [-0.3, -0.25) is 9.69 Å². The molecule has 0 bridgehead atoms.